The Morgan fingerprint density at radius 1 is 1.22 bits per heavy atom. The molecule has 1 aromatic carbocycles. The van der Waals surface area contributed by atoms with Gasteiger partial charge in [0.05, 0.1) is 0 Å². The summed E-state index contributed by atoms with van der Waals surface area (Å²) >= 11 is 7.34. The number of anilines is 1. The van der Waals surface area contributed by atoms with Crippen molar-refractivity contribution < 1.29 is 4.79 Å². The second-order valence-corrected chi connectivity index (χ2v) is 7.71. The molecule has 6 nitrogen and oxygen atoms in total. The SMILES string of the molecule is CSc1nc(C)c(CCC(=O)N2CCN(c3ccc(Cl)cc3)CC2)c(=O)[nH]1. The van der Waals surface area contributed by atoms with Crippen molar-refractivity contribution in [3.8, 4) is 0 Å². The molecule has 3 rings (SSSR count). The van der Waals surface area contributed by atoms with Crippen LogP contribution in [0.2, 0.25) is 5.02 Å². The highest BCUT2D eigenvalue weighted by Gasteiger charge is 2.21. The molecule has 1 aliphatic heterocycles. The lowest BCUT2D eigenvalue weighted by Crippen LogP contribution is -2.48. The maximum atomic E-state index is 12.6. The smallest absolute Gasteiger partial charge is 0.254 e. The fourth-order valence-electron chi connectivity index (χ4n) is 3.23. The van der Waals surface area contributed by atoms with Crippen molar-refractivity contribution in [2.75, 3.05) is 37.3 Å². The molecule has 144 valence electrons. The van der Waals surface area contributed by atoms with E-state index in [-0.39, 0.29) is 11.5 Å². The van der Waals surface area contributed by atoms with Crippen molar-refractivity contribution in [3.63, 3.8) is 0 Å². The third-order valence-corrected chi connectivity index (χ3v) is 5.64. The number of piperazine rings is 1. The average molecular weight is 407 g/mol. The summed E-state index contributed by atoms with van der Waals surface area (Å²) in [6.07, 6.45) is 2.61. The number of H-pyrrole nitrogens is 1. The highest BCUT2D eigenvalue weighted by molar-refractivity contribution is 7.98. The zero-order chi connectivity index (χ0) is 19.4. The second-order valence-electron chi connectivity index (χ2n) is 6.48. The van der Waals surface area contributed by atoms with Crippen LogP contribution in [0.25, 0.3) is 0 Å². The molecular weight excluding hydrogens is 384 g/mol. The normalized spacial score (nSPS) is 14.5. The average Bonchev–Trinajstić information content (AvgIpc) is 2.67. The molecule has 0 saturated carbocycles. The van der Waals surface area contributed by atoms with Gasteiger partial charge in [-0.2, -0.15) is 0 Å². The van der Waals surface area contributed by atoms with E-state index in [2.05, 4.69) is 14.9 Å². The number of amides is 1. The summed E-state index contributed by atoms with van der Waals surface area (Å²) in [7, 11) is 0. The van der Waals surface area contributed by atoms with E-state index in [1.165, 1.54) is 11.8 Å². The highest BCUT2D eigenvalue weighted by atomic mass is 35.5. The van der Waals surface area contributed by atoms with Gasteiger partial charge >= 0.3 is 0 Å². The number of halogens is 1. The van der Waals surface area contributed by atoms with Gasteiger partial charge in [0.1, 0.15) is 0 Å². The van der Waals surface area contributed by atoms with Gasteiger partial charge in [-0.15, -0.1) is 0 Å². The first-order valence-corrected chi connectivity index (χ1v) is 10.5. The van der Waals surface area contributed by atoms with Gasteiger partial charge in [0.25, 0.3) is 5.56 Å². The Hall–Kier alpha value is -1.99. The van der Waals surface area contributed by atoms with Crippen LogP contribution in [0.5, 0.6) is 0 Å². The van der Waals surface area contributed by atoms with Gasteiger partial charge < -0.3 is 14.8 Å². The van der Waals surface area contributed by atoms with Crippen LogP contribution in [0.1, 0.15) is 17.7 Å². The van der Waals surface area contributed by atoms with Gasteiger partial charge in [-0.25, -0.2) is 4.98 Å². The molecule has 27 heavy (non-hydrogen) atoms. The van der Waals surface area contributed by atoms with Crippen LogP contribution in [0.4, 0.5) is 5.69 Å². The highest BCUT2D eigenvalue weighted by Crippen LogP contribution is 2.20. The summed E-state index contributed by atoms with van der Waals surface area (Å²) in [6, 6.07) is 7.76. The Kier molecular flexibility index (Phi) is 6.44. The second kappa shape index (κ2) is 8.80. The van der Waals surface area contributed by atoms with E-state index < -0.39 is 0 Å². The van der Waals surface area contributed by atoms with Gasteiger partial charge in [0.2, 0.25) is 5.91 Å². The van der Waals surface area contributed by atoms with Crippen molar-refractivity contribution in [1.82, 2.24) is 14.9 Å². The lowest BCUT2D eigenvalue weighted by atomic mass is 10.1. The van der Waals surface area contributed by atoms with Gasteiger partial charge in [-0.3, -0.25) is 9.59 Å². The van der Waals surface area contributed by atoms with Crippen molar-refractivity contribution in [2.24, 2.45) is 0 Å². The Bertz CT molecular complexity index is 861. The summed E-state index contributed by atoms with van der Waals surface area (Å²) in [5, 5.41) is 1.32. The summed E-state index contributed by atoms with van der Waals surface area (Å²) in [5.74, 6) is 0.0819. The minimum atomic E-state index is -0.146. The lowest BCUT2D eigenvalue weighted by Gasteiger charge is -2.36. The van der Waals surface area contributed by atoms with E-state index in [1.54, 1.807) is 0 Å². The van der Waals surface area contributed by atoms with E-state index in [0.717, 1.165) is 23.8 Å². The zero-order valence-corrected chi connectivity index (χ0v) is 17.1. The number of carbonyl (C=O) groups excluding carboxylic acids is 1. The number of aryl methyl sites for hydroxylation is 1. The van der Waals surface area contributed by atoms with E-state index in [1.807, 2.05) is 42.3 Å². The molecule has 0 spiro atoms. The van der Waals surface area contributed by atoms with Crippen LogP contribution in [0.3, 0.4) is 0 Å². The van der Waals surface area contributed by atoms with E-state index >= 15 is 0 Å². The Morgan fingerprint density at radius 3 is 2.48 bits per heavy atom. The van der Waals surface area contributed by atoms with Crippen molar-refractivity contribution >= 4 is 35.0 Å². The molecular formula is C19H23ClN4O2S. The van der Waals surface area contributed by atoms with Crippen LogP contribution in [0, 0.1) is 6.92 Å². The van der Waals surface area contributed by atoms with Gasteiger partial charge in [-0.05, 0) is 43.9 Å². The molecule has 8 heteroatoms. The number of benzene rings is 1. The predicted molar refractivity (Wildman–Crippen MR) is 110 cm³/mol. The molecule has 1 N–H and O–H groups in total. The zero-order valence-electron chi connectivity index (χ0n) is 15.5. The van der Waals surface area contributed by atoms with E-state index in [9.17, 15) is 9.59 Å². The first-order chi connectivity index (χ1) is 13.0. The first-order valence-electron chi connectivity index (χ1n) is 8.90. The Balaban J connectivity index is 1.54. The number of rotatable bonds is 5. The van der Waals surface area contributed by atoms with Crippen LogP contribution in [-0.2, 0) is 11.2 Å². The third kappa shape index (κ3) is 4.84. The molecule has 1 fully saturated rings. The van der Waals surface area contributed by atoms with Crippen molar-refractivity contribution in [3.05, 3.63) is 50.9 Å². The first kappa shape index (κ1) is 19.8. The number of aromatic nitrogens is 2. The lowest BCUT2D eigenvalue weighted by molar-refractivity contribution is -0.131. The third-order valence-electron chi connectivity index (χ3n) is 4.81. The number of hydrogen-bond donors (Lipinski definition) is 1. The predicted octanol–water partition coefficient (Wildman–Crippen LogP) is 2.74. The molecule has 1 aromatic heterocycles. The minimum absolute atomic E-state index is 0.0819. The van der Waals surface area contributed by atoms with Crippen LogP contribution in [-0.4, -0.2) is 53.2 Å². The van der Waals surface area contributed by atoms with Gasteiger partial charge in [-0.1, -0.05) is 23.4 Å². The largest absolute Gasteiger partial charge is 0.368 e. The summed E-state index contributed by atoms with van der Waals surface area (Å²) < 4.78 is 0. The number of nitrogens with zero attached hydrogens (tertiary/aromatic N) is 3. The summed E-state index contributed by atoms with van der Waals surface area (Å²) in [5.41, 5.74) is 2.27. The molecule has 2 heterocycles. The standard InChI is InChI=1S/C19H23ClN4O2S/c1-13-16(18(26)22-19(21-13)27-2)7-8-17(25)24-11-9-23(10-12-24)15-5-3-14(20)4-6-15/h3-6H,7-12H2,1-2H3,(H,21,22,26). The van der Waals surface area contributed by atoms with Crippen molar-refractivity contribution in [2.45, 2.75) is 24.9 Å². The molecule has 1 amide bonds. The maximum absolute atomic E-state index is 12.6. The molecule has 1 aliphatic rings. The molecule has 0 radical (unpaired) electrons. The fraction of sp³-hybridized carbons (Fsp3) is 0.421. The molecule has 0 aliphatic carbocycles. The minimum Gasteiger partial charge on any atom is -0.368 e. The molecule has 2 aromatic rings. The topological polar surface area (TPSA) is 69.3 Å². The van der Waals surface area contributed by atoms with E-state index in [4.69, 9.17) is 11.6 Å². The fourth-order valence-corrected chi connectivity index (χ4v) is 3.78. The monoisotopic (exact) mass is 406 g/mol. The maximum Gasteiger partial charge on any atom is 0.254 e. The quantitative estimate of drug-likeness (QED) is 0.610. The molecule has 1 saturated heterocycles. The van der Waals surface area contributed by atoms with Gasteiger partial charge in [0.15, 0.2) is 5.16 Å². The molecule has 0 atom stereocenters. The van der Waals surface area contributed by atoms with Crippen LogP contribution in [0.15, 0.2) is 34.2 Å². The number of aromatic amines is 1. The summed E-state index contributed by atoms with van der Waals surface area (Å²) in [4.78, 5) is 36.0. The number of hydrogen-bond acceptors (Lipinski definition) is 5. The van der Waals surface area contributed by atoms with Gasteiger partial charge in [0, 0.05) is 54.6 Å². The molecule has 0 unspecified atom stereocenters. The van der Waals surface area contributed by atoms with Crippen LogP contribution < -0.4 is 10.5 Å². The van der Waals surface area contributed by atoms with Crippen LogP contribution >= 0.6 is 23.4 Å². The number of carbonyl (C=O) groups is 1. The van der Waals surface area contributed by atoms with E-state index in [0.29, 0.717) is 42.3 Å². The van der Waals surface area contributed by atoms with Crippen molar-refractivity contribution in [1.29, 1.82) is 0 Å². The molecule has 0 bridgehead atoms. The number of thioether (sulfide) groups is 1. The Morgan fingerprint density at radius 2 is 1.89 bits per heavy atom. The summed E-state index contributed by atoms with van der Waals surface area (Å²) in [6.45, 7) is 4.76. The number of nitrogens with one attached hydrogen (secondary N) is 1. The Labute approximate surface area is 167 Å².